The van der Waals surface area contributed by atoms with Crippen molar-refractivity contribution in [2.75, 3.05) is 6.54 Å². The number of ketones is 1. The molecule has 5 nitrogen and oxygen atoms in total. The Kier molecular flexibility index (Phi) is 3.15. The highest BCUT2D eigenvalue weighted by Gasteiger charge is 2.60. The average molecular weight is 247 g/mol. The van der Waals surface area contributed by atoms with Crippen molar-refractivity contribution in [1.29, 1.82) is 0 Å². The Bertz CT molecular complexity index is 424. The van der Waals surface area contributed by atoms with Gasteiger partial charge in [0, 0.05) is 5.92 Å². The molecule has 1 unspecified atom stereocenters. The van der Waals surface area contributed by atoms with E-state index < -0.39 is 20.7 Å². The lowest BCUT2D eigenvalue weighted by Crippen LogP contribution is -2.68. The van der Waals surface area contributed by atoms with Crippen LogP contribution in [0.1, 0.15) is 34.1 Å². The number of carbonyl (C=O) groups is 2. The molecule has 16 heavy (non-hydrogen) atoms. The maximum absolute atomic E-state index is 11.7. The molecule has 0 aromatic carbocycles. The lowest BCUT2D eigenvalue weighted by Gasteiger charge is -2.42. The molecule has 1 atom stereocenters. The van der Waals surface area contributed by atoms with Crippen LogP contribution in [0.5, 0.6) is 0 Å². The third-order valence-corrected chi connectivity index (χ3v) is 5.48. The fourth-order valence-corrected chi connectivity index (χ4v) is 2.93. The van der Waals surface area contributed by atoms with Crippen LogP contribution in [-0.4, -0.2) is 35.7 Å². The van der Waals surface area contributed by atoms with Crippen molar-refractivity contribution in [3.63, 3.8) is 0 Å². The van der Waals surface area contributed by atoms with E-state index in [1.165, 1.54) is 13.8 Å². The number of Topliss-reactive ketones (excluding diaryl/α,β-unsaturated/α-hetero) is 1. The van der Waals surface area contributed by atoms with E-state index in [0.29, 0.717) is 10.7 Å². The van der Waals surface area contributed by atoms with E-state index in [9.17, 15) is 18.0 Å². The van der Waals surface area contributed by atoms with Gasteiger partial charge in [-0.15, -0.1) is 0 Å². The van der Waals surface area contributed by atoms with Crippen LogP contribution in [0, 0.1) is 5.92 Å². The summed E-state index contributed by atoms with van der Waals surface area (Å²) in [5.41, 5.74) is 0. The van der Waals surface area contributed by atoms with E-state index in [4.69, 9.17) is 0 Å². The van der Waals surface area contributed by atoms with Crippen LogP contribution in [0.15, 0.2) is 0 Å². The molecule has 0 N–H and O–H groups in total. The molecular formula is C10H17NO4S. The number of nitrogens with zero attached hydrogens (tertiary/aromatic N) is 1. The largest absolute Gasteiger partial charge is 0.297 e. The van der Waals surface area contributed by atoms with Crippen molar-refractivity contribution in [2.24, 2.45) is 5.92 Å². The second-order valence-electron chi connectivity index (χ2n) is 4.60. The molecule has 1 aliphatic rings. The maximum Gasteiger partial charge on any atom is 0.259 e. The summed E-state index contributed by atoms with van der Waals surface area (Å²) < 4.78 is 22.7. The smallest absolute Gasteiger partial charge is 0.259 e. The van der Waals surface area contributed by atoms with Gasteiger partial charge in [-0.3, -0.25) is 9.59 Å². The van der Waals surface area contributed by atoms with Gasteiger partial charge in [-0.25, -0.2) is 12.7 Å². The molecule has 0 bridgehead atoms. The minimum Gasteiger partial charge on any atom is -0.297 e. The Morgan fingerprint density at radius 3 is 2.31 bits per heavy atom. The van der Waals surface area contributed by atoms with Crippen molar-refractivity contribution < 1.29 is 18.0 Å². The Balaban J connectivity index is 2.80. The summed E-state index contributed by atoms with van der Waals surface area (Å²) in [5, 5.41) is 0. The molecule has 0 spiro atoms. The quantitative estimate of drug-likeness (QED) is 0.727. The van der Waals surface area contributed by atoms with Crippen molar-refractivity contribution in [1.82, 2.24) is 4.31 Å². The first-order valence-corrected chi connectivity index (χ1v) is 6.69. The zero-order chi connectivity index (χ0) is 12.7. The number of carbonyl (C=O) groups excluding carboxylic acids is 2. The summed E-state index contributed by atoms with van der Waals surface area (Å²) in [6, 6.07) is 0. The fraction of sp³-hybridized carbons (Fsp3) is 0.800. The molecule has 6 heteroatoms. The second-order valence-corrected chi connectivity index (χ2v) is 7.01. The number of hydrogen-bond donors (Lipinski definition) is 0. The Morgan fingerprint density at radius 2 is 1.94 bits per heavy atom. The molecule has 0 saturated carbocycles. The highest BCUT2D eigenvalue weighted by molar-refractivity contribution is 7.94. The van der Waals surface area contributed by atoms with Gasteiger partial charge in [-0.2, -0.15) is 0 Å². The lowest BCUT2D eigenvalue weighted by atomic mass is 10.0. The highest BCUT2D eigenvalue weighted by atomic mass is 32.2. The molecule has 1 fully saturated rings. The SMILES string of the molecule is CCC(C)C(=O)CN1C(=O)C(C)(C)S1(=O)=O. The van der Waals surface area contributed by atoms with Gasteiger partial charge >= 0.3 is 0 Å². The summed E-state index contributed by atoms with van der Waals surface area (Å²) in [6.45, 7) is 5.96. The first-order valence-electron chi connectivity index (χ1n) is 5.25. The molecule has 1 saturated heterocycles. The third kappa shape index (κ3) is 1.65. The van der Waals surface area contributed by atoms with Crippen molar-refractivity contribution in [3.8, 4) is 0 Å². The fourth-order valence-electron chi connectivity index (χ4n) is 1.44. The van der Waals surface area contributed by atoms with Gasteiger partial charge in [0.15, 0.2) is 10.5 Å². The second kappa shape index (κ2) is 3.84. The standard InChI is InChI=1S/C10H17NO4S/c1-5-7(2)8(12)6-11-9(13)10(3,4)16(11,14)15/h7H,5-6H2,1-4H3. The minimum absolute atomic E-state index is 0.213. The zero-order valence-electron chi connectivity index (χ0n) is 9.98. The van der Waals surface area contributed by atoms with Crippen LogP contribution in [0.3, 0.4) is 0 Å². The Hall–Kier alpha value is -0.910. The monoisotopic (exact) mass is 247 g/mol. The topological polar surface area (TPSA) is 71.5 Å². The van der Waals surface area contributed by atoms with Gasteiger partial charge in [0.1, 0.15) is 0 Å². The number of hydrogen-bond acceptors (Lipinski definition) is 4. The van der Waals surface area contributed by atoms with Crippen LogP contribution < -0.4 is 0 Å². The third-order valence-electron chi connectivity index (χ3n) is 3.14. The van der Waals surface area contributed by atoms with Gasteiger partial charge in [0.2, 0.25) is 0 Å². The molecule has 1 rings (SSSR count). The summed E-state index contributed by atoms with van der Waals surface area (Å²) in [4.78, 5) is 23.1. The molecule has 0 aromatic rings. The van der Waals surface area contributed by atoms with E-state index in [2.05, 4.69) is 0 Å². The number of amides is 1. The number of sulfonamides is 1. The van der Waals surface area contributed by atoms with Crippen LogP contribution in [0.25, 0.3) is 0 Å². The van der Waals surface area contributed by atoms with Gasteiger partial charge in [-0.1, -0.05) is 13.8 Å². The highest BCUT2D eigenvalue weighted by Crippen LogP contribution is 2.34. The molecule has 1 amide bonds. The zero-order valence-corrected chi connectivity index (χ0v) is 10.8. The maximum atomic E-state index is 11.7. The molecule has 1 heterocycles. The normalized spacial score (nSPS) is 23.8. The van der Waals surface area contributed by atoms with Crippen molar-refractivity contribution in [2.45, 2.75) is 38.9 Å². The Morgan fingerprint density at radius 1 is 1.44 bits per heavy atom. The number of rotatable bonds is 4. The molecular weight excluding hydrogens is 230 g/mol. The van der Waals surface area contributed by atoms with Crippen LogP contribution in [-0.2, 0) is 19.6 Å². The van der Waals surface area contributed by atoms with E-state index in [-0.39, 0.29) is 18.2 Å². The lowest BCUT2D eigenvalue weighted by molar-refractivity contribution is -0.136. The van der Waals surface area contributed by atoms with Crippen LogP contribution >= 0.6 is 0 Å². The van der Waals surface area contributed by atoms with E-state index in [1.54, 1.807) is 6.92 Å². The molecule has 0 radical (unpaired) electrons. The van der Waals surface area contributed by atoms with Crippen molar-refractivity contribution in [3.05, 3.63) is 0 Å². The van der Waals surface area contributed by atoms with E-state index in [1.807, 2.05) is 6.92 Å². The minimum atomic E-state index is -3.62. The first-order chi connectivity index (χ1) is 7.16. The van der Waals surface area contributed by atoms with Gasteiger partial charge in [0.05, 0.1) is 6.54 Å². The average Bonchev–Trinajstić information content (AvgIpc) is 2.22. The van der Waals surface area contributed by atoms with Gasteiger partial charge < -0.3 is 0 Å². The van der Waals surface area contributed by atoms with Gasteiger partial charge in [-0.05, 0) is 20.3 Å². The summed E-state index contributed by atoms with van der Waals surface area (Å²) in [7, 11) is -3.62. The van der Waals surface area contributed by atoms with Crippen LogP contribution in [0.4, 0.5) is 0 Å². The summed E-state index contributed by atoms with van der Waals surface area (Å²) in [6.07, 6.45) is 0.643. The molecule has 0 aliphatic carbocycles. The van der Waals surface area contributed by atoms with Crippen molar-refractivity contribution >= 4 is 21.7 Å². The van der Waals surface area contributed by atoms with E-state index >= 15 is 0 Å². The molecule has 92 valence electrons. The predicted octanol–water partition coefficient (Wildman–Crippen LogP) is 0.552. The molecule has 0 aromatic heterocycles. The first kappa shape index (κ1) is 13.2. The molecule has 1 aliphatic heterocycles. The Labute approximate surface area is 95.9 Å². The van der Waals surface area contributed by atoms with Gasteiger partial charge in [0.25, 0.3) is 15.9 Å². The predicted molar refractivity (Wildman–Crippen MR) is 59.2 cm³/mol. The van der Waals surface area contributed by atoms with Crippen LogP contribution in [0.2, 0.25) is 0 Å². The summed E-state index contributed by atoms with van der Waals surface area (Å²) in [5.74, 6) is -0.925. The summed E-state index contributed by atoms with van der Waals surface area (Å²) >= 11 is 0. The van der Waals surface area contributed by atoms with E-state index in [0.717, 1.165) is 0 Å².